The van der Waals surface area contributed by atoms with Crippen LogP contribution in [0.25, 0.3) is 0 Å². The van der Waals surface area contributed by atoms with Gasteiger partial charge in [-0.05, 0) is 42.9 Å². The number of hydrogen-bond acceptors (Lipinski definition) is 5. The zero-order chi connectivity index (χ0) is 22.2. The third-order valence-corrected chi connectivity index (χ3v) is 6.03. The summed E-state index contributed by atoms with van der Waals surface area (Å²) < 4.78 is 15.4. The number of thioether (sulfide) groups is 1. The molecule has 0 aliphatic carbocycles. The maximum Gasteiger partial charge on any atom is 0.193 e. The van der Waals surface area contributed by atoms with E-state index in [-0.39, 0.29) is 5.82 Å². The molecule has 170 valence electrons. The molecule has 1 aromatic heterocycles. The predicted octanol–water partition coefficient (Wildman–Crippen LogP) is 3.13. The van der Waals surface area contributed by atoms with E-state index >= 15 is 0 Å². The van der Waals surface area contributed by atoms with Crippen molar-refractivity contribution in [3.05, 3.63) is 35.9 Å². The molecule has 7 nitrogen and oxygen atoms in total. The van der Waals surface area contributed by atoms with Crippen LogP contribution in [0.3, 0.4) is 0 Å². The van der Waals surface area contributed by atoms with Crippen LogP contribution in [0.2, 0.25) is 0 Å². The number of piperazine rings is 1. The first kappa shape index (κ1) is 23.4. The fourth-order valence-electron chi connectivity index (χ4n) is 3.81. The Hall–Kier alpha value is -2.29. The number of anilines is 1. The van der Waals surface area contributed by atoms with E-state index in [0.717, 1.165) is 74.7 Å². The van der Waals surface area contributed by atoms with Gasteiger partial charge in [-0.15, -0.1) is 10.2 Å². The Labute approximate surface area is 189 Å². The quantitative estimate of drug-likeness (QED) is 0.290. The van der Waals surface area contributed by atoms with Gasteiger partial charge in [0.15, 0.2) is 11.1 Å². The van der Waals surface area contributed by atoms with E-state index < -0.39 is 0 Å². The fraction of sp³-hybridized carbons (Fsp3) is 0.591. The van der Waals surface area contributed by atoms with Crippen LogP contribution in [-0.4, -0.2) is 71.7 Å². The third kappa shape index (κ3) is 6.35. The number of nitrogens with one attached hydrogen (secondary N) is 1. The van der Waals surface area contributed by atoms with Crippen LogP contribution in [0.15, 0.2) is 34.4 Å². The second-order valence-corrected chi connectivity index (χ2v) is 8.91. The predicted molar refractivity (Wildman–Crippen MR) is 127 cm³/mol. The van der Waals surface area contributed by atoms with E-state index in [1.165, 1.54) is 12.1 Å². The minimum absolute atomic E-state index is 0.195. The molecule has 31 heavy (non-hydrogen) atoms. The molecule has 0 spiro atoms. The number of hydrogen-bond donors (Lipinski definition) is 1. The average molecular weight is 448 g/mol. The van der Waals surface area contributed by atoms with Crippen molar-refractivity contribution in [2.45, 2.75) is 38.4 Å². The number of aliphatic imine (C=N–C) groups is 1. The Balaban J connectivity index is 1.45. The molecular weight excluding hydrogens is 413 g/mol. The monoisotopic (exact) mass is 447 g/mol. The molecule has 1 aliphatic rings. The molecule has 1 saturated heterocycles. The summed E-state index contributed by atoms with van der Waals surface area (Å²) in [5, 5.41) is 13.2. The molecule has 3 rings (SSSR count). The van der Waals surface area contributed by atoms with Gasteiger partial charge in [0.05, 0.1) is 0 Å². The highest BCUT2D eigenvalue weighted by molar-refractivity contribution is 7.98. The Morgan fingerprint density at radius 3 is 2.48 bits per heavy atom. The van der Waals surface area contributed by atoms with Gasteiger partial charge in [-0.25, -0.2) is 4.39 Å². The highest BCUT2D eigenvalue weighted by Gasteiger charge is 2.20. The van der Waals surface area contributed by atoms with E-state index in [9.17, 15) is 4.39 Å². The van der Waals surface area contributed by atoms with Crippen molar-refractivity contribution in [3.8, 4) is 0 Å². The van der Waals surface area contributed by atoms with Gasteiger partial charge < -0.3 is 19.7 Å². The molecule has 0 unspecified atom stereocenters. The van der Waals surface area contributed by atoms with Crippen molar-refractivity contribution in [1.82, 2.24) is 25.0 Å². The van der Waals surface area contributed by atoms with Gasteiger partial charge in [0.25, 0.3) is 0 Å². The maximum atomic E-state index is 13.2. The Morgan fingerprint density at radius 2 is 1.87 bits per heavy atom. The molecule has 0 atom stereocenters. The molecule has 2 heterocycles. The van der Waals surface area contributed by atoms with E-state index in [4.69, 9.17) is 0 Å². The molecule has 0 bridgehead atoms. The first-order chi connectivity index (χ1) is 15.0. The molecular formula is C22H34FN7S. The summed E-state index contributed by atoms with van der Waals surface area (Å²) in [6.45, 7) is 9.78. The lowest BCUT2D eigenvalue weighted by Gasteiger charge is -2.37. The lowest BCUT2D eigenvalue weighted by molar-refractivity contribution is 0.372. The number of aryl methyl sites for hydroxylation is 1. The zero-order valence-corrected chi connectivity index (χ0v) is 19.8. The van der Waals surface area contributed by atoms with E-state index in [1.54, 1.807) is 11.8 Å². The standard InChI is InChI=1S/C22H34FN7S/c1-17(2)16-30-20(26-27-22(30)31-4)6-5-11-25-21(24-3)29-14-12-28(13-15-29)19-9-7-18(23)8-10-19/h7-10,17H,5-6,11-16H2,1-4H3,(H,24,25). The Kier molecular flexibility index (Phi) is 8.57. The molecule has 0 radical (unpaired) electrons. The summed E-state index contributed by atoms with van der Waals surface area (Å²) in [6, 6.07) is 6.73. The summed E-state index contributed by atoms with van der Waals surface area (Å²) in [5.74, 6) is 2.36. The number of benzene rings is 1. The summed E-state index contributed by atoms with van der Waals surface area (Å²) in [5.41, 5.74) is 1.07. The van der Waals surface area contributed by atoms with Crippen molar-refractivity contribution < 1.29 is 4.39 Å². The van der Waals surface area contributed by atoms with Crippen LogP contribution >= 0.6 is 11.8 Å². The van der Waals surface area contributed by atoms with Crippen LogP contribution in [0.1, 0.15) is 26.1 Å². The Morgan fingerprint density at radius 1 is 1.16 bits per heavy atom. The summed E-state index contributed by atoms with van der Waals surface area (Å²) in [6.07, 6.45) is 3.91. The van der Waals surface area contributed by atoms with Crippen LogP contribution in [0, 0.1) is 11.7 Å². The van der Waals surface area contributed by atoms with Crippen LogP contribution in [0.5, 0.6) is 0 Å². The first-order valence-corrected chi connectivity index (χ1v) is 12.2. The van der Waals surface area contributed by atoms with Gasteiger partial charge in [0, 0.05) is 58.4 Å². The minimum atomic E-state index is -0.195. The number of aromatic nitrogens is 3. The average Bonchev–Trinajstić information content (AvgIpc) is 3.15. The molecule has 1 aromatic carbocycles. The highest BCUT2D eigenvalue weighted by Crippen LogP contribution is 2.18. The number of guanidine groups is 1. The van der Waals surface area contributed by atoms with Crippen LogP contribution in [-0.2, 0) is 13.0 Å². The zero-order valence-electron chi connectivity index (χ0n) is 19.0. The second-order valence-electron chi connectivity index (χ2n) is 8.14. The fourth-order valence-corrected chi connectivity index (χ4v) is 4.33. The van der Waals surface area contributed by atoms with Crippen molar-refractivity contribution in [1.29, 1.82) is 0 Å². The number of halogens is 1. The number of nitrogens with zero attached hydrogens (tertiary/aromatic N) is 6. The Bertz CT molecular complexity index is 842. The van der Waals surface area contributed by atoms with Gasteiger partial charge >= 0.3 is 0 Å². The molecule has 1 N–H and O–H groups in total. The molecule has 9 heteroatoms. The van der Waals surface area contributed by atoms with Gasteiger partial charge in [-0.3, -0.25) is 4.99 Å². The second kappa shape index (κ2) is 11.4. The van der Waals surface area contributed by atoms with Gasteiger partial charge in [-0.1, -0.05) is 25.6 Å². The minimum Gasteiger partial charge on any atom is -0.368 e. The van der Waals surface area contributed by atoms with E-state index in [0.29, 0.717) is 5.92 Å². The molecule has 1 aliphatic heterocycles. The normalized spacial score (nSPS) is 15.1. The first-order valence-electron chi connectivity index (χ1n) is 10.9. The third-order valence-electron chi connectivity index (χ3n) is 5.37. The molecule has 1 fully saturated rings. The SMILES string of the molecule is CN=C(NCCCc1nnc(SC)n1CC(C)C)N1CCN(c2ccc(F)cc2)CC1. The van der Waals surface area contributed by atoms with Crippen LogP contribution in [0.4, 0.5) is 10.1 Å². The molecule has 0 saturated carbocycles. The van der Waals surface area contributed by atoms with Crippen molar-refractivity contribution >= 4 is 23.4 Å². The van der Waals surface area contributed by atoms with E-state index in [2.05, 4.69) is 48.7 Å². The van der Waals surface area contributed by atoms with Gasteiger partial charge in [0.1, 0.15) is 11.6 Å². The molecule has 2 aromatic rings. The topological polar surface area (TPSA) is 61.6 Å². The van der Waals surface area contributed by atoms with E-state index in [1.807, 2.05) is 25.4 Å². The highest BCUT2D eigenvalue weighted by atomic mass is 32.2. The largest absolute Gasteiger partial charge is 0.368 e. The smallest absolute Gasteiger partial charge is 0.193 e. The van der Waals surface area contributed by atoms with Crippen molar-refractivity contribution in [2.75, 3.05) is 50.9 Å². The maximum absolute atomic E-state index is 13.2. The lowest BCUT2D eigenvalue weighted by Crippen LogP contribution is -2.52. The lowest BCUT2D eigenvalue weighted by atomic mass is 10.2. The summed E-state index contributed by atoms with van der Waals surface area (Å²) in [7, 11) is 1.83. The summed E-state index contributed by atoms with van der Waals surface area (Å²) >= 11 is 1.65. The van der Waals surface area contributed by atoms with Gasteiger partial charge in [0.2, 0.25) is 0 Å². The van der Waals surface area contributed by atoms with Crippen LogP contribution < -0.4 is 10.2 Å². The van der Waals surface area contributed by atoms with Crippen molar-refractivity contribution in [2.24, 2.45) is 10.9 Å². The number of rotatable bonds is 8. The van der Waals surface area contributed by atoms with Crippen molar-refractivity contribution in [3.63, 3.8) is 0 Å². The summed E-state index contributed by atoms with van der Waals surface area (Å²) in [4.78, 5) is 9.04. The van der Waals surface area contributed by atoms with Gasteiger partial charge in [-0.2, -0.15) is 0 Å². The molecule has 0 amide bonds.